The van der Waals surface area contributed by atoms with Gasteiger partial charge in [0, 0.05) is 17.1 Å². The average molecular weight is 286 g/mol. The number of methoxy groups -OCH3 is 1. The Morgan fingerprint density at radius 2 is 2.05 bits per heavy atom. The molecule has 0 atom stereocenters. The van der Waals surface area contributed by atoms with Gasteiger partial charge in [-0.15, -0.1) is 0 Å². The number of benzene rings is 1. The molecule has 0 fully saturated rings. The number of nitrogens with two attached hydrogens (primary N) is 1. The first-order chi connectivity index (χ1) is 9.06. The molecule has 4 N–H and O–H groups in total. The predicted octanol–water partition coefficient (Wildman–Crippen LogP) is 0.0397. The van der Waals surface area contributed by atoms with Crippen molar-refractivity contribution in [3.05, 3.63) is 28.8 Å². The lowest BCUT2D eigenvalue weighted by atomic mass is 10.2. The fraction of sp³-hybridized carbons (Fsp3) is 0.333. The van der Waals surface area contributed by atoms with Gasteiger partial charge in [0.25, 0.3) is 0 Å². The minimum atomic E-state index is -0.379. The van der Waals surface area contributed by atoms with Crippen molar-refractivity contribution in [1.82, 2.24) is 10.6 Å². The van der Waals surface area contributed by atoms with Gasteiger partial charge in [-0.2, -0.15) is 0 Å². The second-order valence-electron chi connectivity index (χ2n) is 3.71. The summed E-state index contributed by atoms with van der Waals surface area (Å²) < 4.78 is 5.15. The van der Waals surface area contributed by atoms with Crippen molar-refractivity contribution in [3.8, 4) is 5.75 Å². The van der Waals surface area contributed by atoms with Gasteiger partial charge in [0.15, 0.2) is 0 Å². The van der Waals surface area contributed by atoms with Crippen LogP contribution in [0, 0.1) is 0 Å². The highest BCUT2D eigenvalue weighted by atomic mass is 35.5. The standard InChI is InChI=1S/C12H16ClN3O3/c1-19-10-3-2-9(13)4-8(10)6-15-12(18)7-16-11(17)5-14/h2-4H,5-7,14H2,1H3,(H,15,18)(H,16,17). The molecule has 19 heavy (non-hydrogen) atoms. The second kappa shape index (κ2) is 7.60. The molecular weight excluding hydrogens is 270 g/mol. The molecule has 1 aromatic rings. The van der Waals surface area contributed by atoms with E-state index in [4.69, 9.17) is 22.1 Å². The van der Waals surface area contributed by atoms with E-state index >= 15 is 0 Å². The smallest absolute Gasteiger partial charge is 0.239 e. The van der Waals surface area contributed by atoms with Crippen molar-refractivity contribution in [1.29, 1.82) is 0 Å². The fourth-order valence-corrected chi connectivity index (χ4v) is 1.59. The molecule has 0 saturated carbocycles. The first-order valence-electron chi connectivity index (χ1n) is 5.62. The van der Waals surface area contributed by atoms with E-state index in [1.165, 1.54) is 7.11 Å². The number of carbonyl (C=O) groups excluding carboxylic acids is 2. The van der Waals surface area contributed by atoms with E-state index in [1.807, 2.05) is 0 Å². The molecular formula is C12H16ClN3O3. The van der Waals surface area contributed by atoms with Crippen LogP contribution in [0.25, 0.3) is 0 Å². The van der Waals surface area contributed by atoms with E-state index in [0.29, 0.717) is 10.8 Å². The molecule has 0 radical (unpaired) electrons. The van der Waals surface area contributed by atoms with Crippen LogP contribution in [0.4, 0.5) is 0 Å². The maximum Gasteiger partial charge on any atom is 0.239 e. The number of carbonyl (C=O) groups is 2. The summed E-state index contributed by atoms with van der Waals surface area (Å²) >= 11 is 5.87. The molecule has 0 bridgehead atoms. The molecule has 2 amide bonds. The van der Waals surface area contributed by atoms with Crippen LogP contribution in [0.2, 0.25) is 5.02 Å². The van der Waals surface area contributed by atoms with Gasteiger partial charge < -0.3 is 21.1 Å². The van der Waals surface area contributed by atoms with E-state index in [9.17, 15) is 9.59 Å². The minimum absolute atomic E-state index is 0.112. The van der Waals surface area contributed by atoms with E-state index in [2.05, 4.69) is 10.6 Å². The van der Waals surface area contributed by atoms with Gasteiger partial charge in [-0.3, -0.25) is 9.59 Å². The second-order valence-corrected chi connectivity index (χ2v) is 4.15. The van der Waals surface area contributed by atoms with Crippen LogP contribution in [-0.2, 0) is 16.1 Å². The predicted molar refractivity (Wildman–Crippen MR) is 71.9 cm³/mol. The Bertz CT molecular complexity index is 466. The van der Waals surface area contributed by atoms with Crippen molar-refractivity contribution >= 4 is 23.4 Å². The van der Waals surface area contributed by atoms with E-state index in [-0.39, 0.29) is 31.4 Å². The molecule has 0 saturated heterocycles. The Morgan fingerprint density at radius 3 is 2.68 bits per heavy atom. The van der Waals surface area contributed by atoms with Crippen LogP contribution in [0.1, 0.15) is 5.56 Å². The fourth-order valence-electron chi connectivity index (χ4n) is 1.39. The molecule has 6 nitrogen and oxygen atoms in total. The molecule has 0 aliphatic heterocycles. The average Bonchev–Trinajstić information content (AvgIpc) is 2.42. The van der Waals surface area contributed by atoms with E-state index in [0.717, 1.165) is 5.56 Å². The monoisotopic (exact) mass is 285 g/mol. The Kier molecular flexibility index (Phi) is 6.11. The molecule has 104 valence electrons. The van der Waals surface area contributed by atoms with Crippen LogP contribution in [0.3, 0.4) is 0 Å². The number of nitrogens with one attached hydrogen (secondary N) is 2. The van der Waals surface area contributed by atoms with Crippen molar-refractivity contribution < 1.29 is 14.3 Å². The molecule has 1 aromatic carbocycles. The van der Waals surface area contributed by atoms with Crippen LogP contribution in [0.15, 0.2) is 18.2 Å². The summed E-state index contributed by atoms with van der Waals surface area (Å²) in [5, 5.41) is 5.58. The summed E-state index contributed by atoms with van der Waals surface area (Å²) in [5.41, 5.74) is 5.86. The third-order valence-electron chi connectivity index (χ3n) is 2.35. The zero-order valence-corrected chi connectivity index (χ0v) is 11.3. The molecule has 0 aromatic heterocycles. The number of hydrogen-bond acceptors (Lipinski definition) is 4. The zero-order valence-electron chi connectivity index (χ0n) is 10.5. The van der Waals surface area contributed by atoms with Crippen LogP contribution in [-0.4, -0.2) is 32.0 Å². The van der Waals surface area contributed by atoms with Gasteiger partial charge in [0.05, 0.1) is 20.2 Å². The van der Waals surface area contributed by atoms with Gasteiger partial charge in [0.1, 0.15) is 5.75 Å². The van der Waals surface area contributed by atoms with Gasteiger partial charge in [-0.05, 0) is 18.2 Å². The molecule has 1 rings (SSSR count). The summed E-state index contributed by atoms with van der Waals surface area (Å²) in [6.45, 7) is 0.00930. The van der Waals surface area contributed by atoms with Crippen LogP contribution < -0.4 is 21.1 Å². The molecule has 0 unspecified atom stereocenters. The zero-order chi connectivity index (χ0) is 14.3. The number of rotatable bonds is 6. The Balaban J connectivity index is 2.50. The molecule has 7 heteroatoms. The van der Waals surface area contributed by atoms with E-state index in [1.54, 1.807) is 18.2 Å². The Hall–Kier alpha value is -1.79. The normalized spacial score (nSPS) is 9.84. The van der Waals surface area contributed by atoms with Gasteiger partial charge in [-0.1, -0.05) is 11.6 Å². The lowest BCUT2D eigenvalue weighted by Crippen LogP contribution is -2.39. The number of halogens is 1. The first-order valence-corrected chi connectivity index (χ1v) is 6.00. The maximum absolute atomic E-state index is 11.5. The summed E-state index contributed by atoms with van der Waals surface area (Å²) in [6.07, 6.45) is 0. The maximum atomic E-state index is 11.5. The first kappa shape index (κ1) is 15.3. The summed E-state index contributed by atoms with van der Waals surface area (Å²) in [6, 6.07) is 5.13. The van der Waals surface area contributed by atoms with Crippen molar-refractivity contribution in [3.63, 3.8) is 0 Å². The van der Waals surface area contributed by atoms with Gasteiger partial charge in [0.2, 0.25) is 11.8 Å². The SMILES string of the molecule is COc1ccc(Cl)cc1CNC(=O)CNC(=O)CN. The topological polar surface area (TPSA) is 93.5 Å². The Morgan fingerprint density at radius 1 is 1.32 bits per heavy atom. The summed E-state index contributed by atoms with van der Waals surface area (Å²) in [5.74, 6) is -0.0602. The minimum Gasteiger partial charge on any atom is -0.496 e. The third-order valence-corrected chi connectivity index (χ3v) is 2.59. The molecule has 0 heterocycles. The Labute approximate surface area is 116 Å². The molecule has 0 aliphatic carbocycles. The van der Waals surface area contributed by atoms with E-state index < -0.39 is 0 Å². The number of ether oxygens (including phenoxy) is 1. The molecule has 0 spiro atoms. The molecule has 0 aliphatic rings. The van der Waals surface area contributed by atoms with Crippen LogP contribution in [0.5, 0.6) is 5.75 Å². The lowest BCUT2D eigenvalue weighted by Gasteiger charge is -2.10. The lowest BCUT2D eigenvalue weighted by molar-refractivity contribution is -0.125. The van der Waals surface area contributed by atoms with Crippen molar-refractivity contribution in [2.75, 3.05) is 20.2 Å². The number of amides is 2. The van der Waals surface area contributed by atoms with Crippen LogP contribution >= 0.6 is 11.6 Å². The van der Waals surface area contributed by atoms with Gasteiger partial charge >= 0.3 is 0 Å². The third kappa shape index (κ3) is 5.15. The largest absolute Gasteiger partial charge is 0.496 e. The highest BCUT2D eigenvalue weighted by Crippen LogP contribution is 2.22. The van der Waals surface area contributed by atoms with Gasteiger partial charge in [-0.25, -0.2) is 0 Å². The van der Waals surface area contributed by atoms with Crippen molar-refractivity contribution in [2.24, 2.45) is 5.73 Å². The quantitative estimate of drug-likeness (QED) is 0.688. The summed E-state index contributed by atoms with van der Waals surface area (Å²) in [7, 11) is 1.54. The summed E-state index contributed by atoms with van der Waals surface area (Å²) in [4.78, 5) is 22.4. The van der Waals surface area contributed by atoms with Crippen molar-refractivity contribution in [2.45, 2.75) is 6.54 Å². The number of hydrogen-bond donors (Lipinski definition) is 3. The highest BCUT2D eigenvalue weighted by Gasteiger charge is 2.07. The highest BCUT2D eigenvalue weighted by molar-refractivity contribution is 6.30.